The van der Waals surface area contributed by atoms with Crippen LogP contribution in [0.25, 0.3) is 0 Å². The molecular weight excluding hydrogens is 261 g/mol. The summed E-state index contributed by atoms with van der Waals surface area (Å²) < 4.78 is 0. The molecule has 0 heterocycles. The van der Waals surface area contributed by atoms with Gasteiger partial charge in [-0.2, -0.15) is 0 Å². The van der Waals surface area contributed by atoms with E-state index in [0.29, 0.717) is 21.4 Å². The number of nitrogens with zero attached hydrogens (tertiary/aromatic N) is 1. The van der Waals surface area contributed by atoms with Crippen molar-refractivity contribution in [3.05, 3.63) is 22.2 Å². The zero-order valence-corrected chi connectivity index (χ0v) is 11.4. The van der Waals surface area contributed by atoms with Crippen LogP contribution < -0.4 is 11.1 Å². The van der Waals surface area contributed by atoms with Gasteiger partial charge in [-0.05, 0) is 33.2 Å². The smallest absolute Gasteiger partial charge is 0.241 e. The molecule has 1 atom stereocenters. The number of likely N-dealkylation sites (N-methyl/N-ethyl adjacent to an activating group) is 1. The normalized spacial score (nSPS) is 12.6. The van der Waals surface area contributed by atoms with Crippen LogP contribution in [0.3, 0.4) is 0 Å². The minimum atomic E-state index is -0.278. The molecular formula is C11H15Cl2N3O. The molecule has 0 bridgehead atoms. The van der Waals surface area contributed by atoms with Crippen LogP contribution in [0.15, 0.2) is 12.1 Å². The number of carbonyl (C=O) groups excluding carboxylic acids is 1. The van der Waals surface area contributed by atoms with Crippen LogP contribution in [0.1, 0.15) is 6.92 Å². The van der Waals surface area contributed by atoms with Gasteiger partial charge in [0.1, 0.15) is 0 Å². The molecule has 94 valence electrons. The van der Waals surface area contributed by atoms with Crippen LogP contribution >= 0.6 is 23.2 Å². The fourth-order valence-electron chi connectivity index (χ4n) is 1.17. The van der Waals surface area contributed by atoms with Crippen molar-refractivity contribution < 1.29 is 4.79 Å². The third-order valence-electron chi connectivity index (χ3n) is 2.47. The number of carbonyl (C=O) groups is 1. The molecule has 0 radical (unpaired) electrons. The van der Waals surface area contributed by atoms with Gasteiger partial charge >= 0.3 is 0 Å². The Morgan fingerprint density at radius 2 is 1.82 bits per heavy atom. The van der Waals surface area contributed by atoms with Gasteiger partial charge in [-0.15, -0.1) is 0 Å². The molecule has 0 aliphatic rings. The average Bonchev–Trinajstić information content (AvgIpc) is 2.21. The van der Waals surface area contributed by atoms with Crippen molar-refractivity contribution in [3.8, 4) is 0 Å². The van der Waals surface area contributed by atoms with Crippen molar-refractivity contribution >= 4 is 40.5 Å². The van der Waals surface area contributed by atoms with Crippen molar-refractivity contribution in [2.45, 2.75) is 13.0 Å². The van der Waals surface area contributed by atoms with Gasteiger partial charge in [-0.3, -0.25) is 9.69 Å². The van der Waals surface area contributed by atoms with E-state index >= 15 is 0 Å². The highest BCUT2D eigenvalue weighted by atomic mass is 35.5. The number of amides is 1. The number of nitrogens with one attached hydrogen (secondary N) is 1. The second-order valence-corrected chi connectivity index (χ2v) is 4.80. The van der Waals surface area contributed by atoms with Crippen molar-refractivity contribution in [1.29, 1.82) is 0 Å². The first-order chi connectivity index (χ1) is 7.82. The largest absolute Gasteiger partial charge is 0.399 e. The molecule has 0 aliphatic heterocycles. The van der Waals surface area contributed by atoms with Gasteiger partial charge in [-0.1, -0.05) is 23.2 Å². The predicted molar refractivity (Wildman–Crippen MR) is 72.7 cm³/mol. The molecule has 4 nitrogen and oxygen atoms in total. The maximum absolute atomic E-state index is 11.8. The molecule has 1 aromatic rings. The lowest BCUT2D eigenvalue weighted by molar-refractivity contribution is -0.119. The quantitative estimate of drug-likeness (QED) is 0.834. The van der Waals surface area contributed by atoms with E-state index < -0.39 is 0 Å². The summed E-state index contributed by atoms with van der Waals surface area (Å²) in [6.07, 6.45) is 0. The van der Waals surface area contributed by atoms with Gasteiger partial charge in [0.2, 0.25) is 5.91 Å². The van der Waals surface area contributed by atoms with Crippen LogP contribution in [0, 0.1) is 0 Å². The van der Waals surface area contributed by atoms with Gasteiger partial charge in [0.25, 0.3) is 0 Å². The van der Waals surface area contributed by atoms with E-state index in [9.17, 15) is 4.79 Å². The van der Waals surface area contributed by atoms with Gasteiger partial charge in [0, 0.05) is 5.69 Å². The van der Waals surface area contributed by atoms with Gasteiger partial charge in [0.15, 0.2) is 0 Å². The van der Waals surface area contributed by atoms with E-state index in [4.69, 9.17) is 28.9 Å². The fourth-order valence-corrected chi connectivity index (χ4v) is 1.77. The van der Waals surface area contributed by atoms with Crippen LogP contribution in [0.2, 0.25) is 10.0 Å². The molecule has 1 amide bonds. The summed E-state index contributed by atoms with van der Waals surface area (Å²) in [6.45, 7) is 1.79. The Morgan fingerprint density at radius 3 is 2.24 bits per heavy atom. The zero-order chi connectivity index (χ0) is 13.2. The summed E-state index contributed by atoms with van der Waals surface area (Å²) in [5.41, 5.74) is 6.42. The average molecular weight is 276 g/mol. The second kappa shape index (κ2) is 5.58. The molecule has 6 heteroatoms. The fraction of sp³-hybridized carbons (Fsp3) is 0.364. The number of halogens is 2. The summed E-state index contributed by atoms with van der Waals surface area (Å²) in [5.74, 6) is -0.177. The Bertz CT molecular complexity index is 412. The van der Waals surface area contributed by atoms with Crippen LogP contribution in [-0.2, 0) is 4.79 Å². The molecule has 1 rings (SSSR count). The number of benzene rings is 1. The maximum atomic E-state index is 11.8. The summed E-state index contributed by atoms with van der Waals surface area (Å²) in [5, 5.41) is 3.34. The van der Waals surface area contributed by atoms with Gasteiger partial charge < -0.3 is 11.1 Å². The first-order valence-corrected chi connectivity index (χ1v) is 5.80. The summed E-state index contributed by atoms with van der Waals surface area (Å²) in [7, 11) is 3.63. The van der Waals surface area contributed by atoms with Crippen molar-refractivity contribution in [2.24, 2.45) is 0 Å². The molecule has 1 unspecified atom stereocenters. The van der Waals surface area contributed by atoms with E-state index in [0.717, 1.165) is 0 Å². The predicted octanol–water partition coefficient (Wildman–Crippen LogP) is 2.46. The molecule has 3 N–H and O–H groups in total. The van der Waals surface area contributed by atoms with Crippen LogP contribution in [0.5, 0.6) is 0 Å². The lowest BCUT2D eigenvalue weighted by Gasteiger charge is -2.20. The molecule has 17 heavy (non-hydrogen) atoms. The lowest BCUT2D eigenvalue weighted by atomic mass is 10.2. The third-order valence-corrected chi connectivity index (χ3v) is 3.06. The standard InChI is InChI=1S/C11H15Cl2N3O/c1-6(16(2)3)11(17)15-10-8(12)4-7(14)5-9(10)13/h4-6H,14H2,1-3H3,(H,15,17). The topological polar surface area (TPSA) is 58.4 Å². The molecule has 0 saturated heterocycles. The number of nitrogens with two attached hydrogens (primary N) is 1. The van der Waals surface area contributed by atoms with E-state index in [1.54, 1.807) is 24.0 Å². The monoisotopic (exact) mass is 275 g/mol. The Balaban J connectivity index is 2.93. The summed E-state index contributed by atoms with van der Waals surface area (Å²) >= 11 is 11.9. The Kier molecular flexibility index (Phi) is 4.62. The highest BCUT2D eigenvalue weighted by molar-refractivity contribution is 6.40. The second-order valence-electron chi connectivity index (χ2n) is 3.99. The molecule has 0 aromatic heterocycles. The van der Waals surface area contributed by atoms with Crippen LogP contribution in [-0.4, -0.2) is 30.9 Å². The summed E-state index contributed by atoms with van der Waals surface area (Å²) in [6, 6.07) is 2.81. The maximum Gasteiger partial charge on any atom is 0.241 e. The van der Waals surface area contributed by atoms with Crippen molar-refractivity contribution in [1.82, 2.24) is 4.90 Å². The van der Waals surface area contributed by atoms with E-state index in [1.165, 1.54) is 0 Å². The van der Waals surface area contributed by atoms with E-state index in [2.05, 4.69) is 5.32 Å². The first-order valence-electron chi connectivity index (χ1n) is 5.04. The summed E-state index contributed by atoms with van der Waals surface area (Å²) in [4.78, 5) is 13.6. The van der Waals surface area contributed by atoms with E-state index in [1.807, 2.05) is 14.1 Å². The van der Waals surface area contributed by atoms with Gasteiger partial charge in [0.05, 0.1) is 21.8 Å². The number of anilines is 2. The SMILES string of the molecule is CC(C(=O)Nc1c(Cl)cc(N)cc1Cl)N(C)C. The zero-order valence-electron chi connectivity index (χ0n) is 9.92. The number of nitrogen functional groups attached to an aromatic ring is 1. The minimum absolute atomic E-state index is 0.177. The van der Waals surface area contributed by atoms with E-state index in [-0.39, 0.29) is 11.9 Å². The Labute approximate surface area is 111 Å². The lowest BCUT2D eigenvalue weighted by Crippen LogP contribution is -2.37. The molecule has 0 fully saturated rings. The third kappa shape index (κ3) is 3.49. The Hall–Kier alpha value is -0.970. The van der Waals surface area contributed by atoms with Crippen molar-refractivity contribution in [3.63, 3.8) is 0 Å². The minimum Gasteiger partial charge on any atom is -0.399 e. The highest BCUT2D eigenvalue weighted by Crippen LogP contribution is 2.32. The Morgan fingerprint density at radius 1 is 1.35 bits per heavy atom. The van der Waals surface area contributed by atoms with Crippen LogP contribution in [0.4, 0.5) is 11.4 Å². The molecule has 1 aromatic carbocycles. The number of hydrogen-bond acceptors (Lipinski definition) is 3. The van der Waals surface area contributed by atoms with Gasteiger partial charge in [-0.25, -0.2) is 0 Å². The first kappa shape index (κ1) is 14.1. The highest BCUT2D eigenvalue weighted by Gasteiger charge is 2.17. The number of rotatable bonds is 3. The number of hydrogen-bond donors (Lipinski definition) is 2. The molecule has 0 aliphatic carbocycles. The molecule has 0 saturated carbocycles. The molecule has 0 spiro atoms. The van der Waals surface area contributed by atoms with Crippen molar-refractivity contribution in [2.75, 3.05) is 25.1 Å².